The Morgan fingerprint density at radius 3 is 2.75 bits per heavy atom. The lowest BCUT2D eigenvalue weighted by Crippen LogP contribution is -2.43. The van der Waals surface area contributed by atoms with Crippen molar-refractivity contribution in [2.75, 3.05) is 0 Å². The van der Waals surface area contributed by atoms with Crippen LogP contribution in [-0.2, 0) is 0 Å². The van der Waals surface area contributed by atoms with Crippen LogP contribution in [0.4, 0.5) is 0 Å². The second-order valence-corrected chi connectivity index (χ2v) is 3.43. The van der Waals surface area contributed by atoms with Gasteiger partial charge in [-0.2, -0.15) is 0 Å². The molecule has 0 aliphatic heterocycles. The van der Waals surface area contributed by atoms with E-state index in [1.165, 1.54) is 19.3 Å². The molecule has 1 aliphatic carbocycles. The standard InChI is InChI=1S/C10H18N2/c1-2-3-4-8-10(12-11)9-6-5-7-9/h9-10,12H,4-8,11H2,1H3. The largest absolute Gasteiger partial charge is 0.271 e. The minimum atomic E-state index is 0.500. The highest BCUT2D eigenvalue weighted by Gasteiger charge is 2.25. The fraction of sp³-hybridized carbons (Fsp3) is 0.800. The lowest BCUT2D eigenvalue weighted by Gasteiger charge is -2.32. The van der Waals surface area contributed by atoms with E-state index in [1.54, 1.807) is 0 Å². The lowest BCUT2D eigenvalue weighted by molar-refractivity contribution is 0.222. The van der Waals surface area contributed by atoms with Crippen molar-refractivity contribution >= 4 is 0 Å². The first-order valence-corrected chi connectivity index (χ1v) is 4.74. The first-order valence-electron chi connectivity index (χ1n) is 4.74. The molecule has 0 radical (unpaired) electrons. The Hall–Kier alpha value is -0.520. The summed E-state index contributed by atoms with van der Waals surface area (Å²) in [5.74, 6) is 12.3. The quantitative estimate of drug-likeness (QED) is 0.376. The number of nitrogens with one attached hydrogen (secondary N) is 1. The van der Waals surface area contributed by atoms with Crippen LogP contribution in [0.3, 0.4) is 0 Å². The molecular weight excluding hydrogens is 148 g/mol. The molecule has 0 amide bonds. The first kappa shape index (κ1) is 9.57. The molecule has 1 unspecified atom stereocenters. The number of nitrogens with two attached hydrogens (primary N) is 1. The summed E-state index contributed by atoms with van der Waals surface area (Å²) in [6.45, 7) is 1.88. The fourth-order valence-electron chi connectivity index (χ4n) is 1.65. The molecule has 3 N–H and O–H groups in total. The Morgan fingerprint density at radius 2 is 2.33 bits per heavy atom. The van der Waals surface area contributed by atoms with E-state index in [2.05, 4.69) is 17.3 Å². The van der Waals surface area contributed by atoms with E-state index in [0.717, 1.165) is 18.8 Å². The molecule has 0 heterocycles. The molecule has 0 bridgehead atoms. The highest BCUT2D eigenvalue weighted by molar-refractivity contribution is 4.96. The van der Waals surface area contributed by atoms with E-state index in [1.807, 2.05) is 6.92 Å². The number of hydrogen-bond donors (Lipinski definition) is 2. The molecule has 2 heteroatoms. The van der Waals surface area contributed by atoms with Crippen LogP contribution in [0.15, 0.2) is 0 Å². The molecule has 1 atom stereocenters. The number of hydrogen-bond acceptors (Lipinski definition) is 2. The predicted molar refractivity (Wildman–Crippen MR) is 51.1 cm³/mol. The summed E-state index contributed by atoms with van der Waals surface area (Å²) in [5, 5.41) is 0. The van der Waals surface area contributed by atoms with Gasteiger partial charge < -0.3 is 0 Å². The minimum Gasteiger partial charge on any atom is -0.271 e. The van der Waals surface area contributed by atoms with Crippen molar-refractivity contribution in [3.8, 4) is 11.8 Å². The van der Waals surface area contributed by atoms with Crippen molar-refractivity contribution in [1.82, 2.24) is 5.43 Å². The minimum absolute atomic E-state index is 0.500. The number of rotatable bonds is 4. The Balaban J connectivity index is 2.18. The Labute approximate surface area is 74.9 Å². The normalized spacial score (nSPS) is 19.2. The van der Waals surface area contributed by atoms with Crippen molar-refractivity contribution in [3.05, 3.63) is 0 Å². The SMILES string of the molecule is CC#CCCC(NN)C1CCC1. The Bertz CT molecular complexity index is 174. The van der Waals surface area contributed by atoms with Gasteiger partial charge >= 0.3 is 0 Å². The van der Waals surface area contributed by atoms with E-state index in [4.69, 9.17) is 5.84 Å². The molecule has 1 saturated carbocycles. The van der Waals surface area contributed by atoms with Gasteiger partial charge in [-0.05, 0) is 32.1 Å². The third kappa shape index (κ3) is 2.51. The molecule has 68 valence electrons. The molecule has 0 aromatic rings. The van der Waals surface area contributed by atoms with Crippen LogP contribution in [0.5, 0.6) is 0 Å². The van der Waals surface area contributed by atoms with Crippen molar-refractivity contribution in [2.24, 2.45) is 11.8 Å². The van der Waals surface area contributed by atoms with Crippen molar-refractivity contribution in [3.63, 3.8) is 0 Å². The topological polar surface area (TPSA) is 38.0 Å². The van der Waals surface area contributed by atoms with Gasteiger partial charge in [0.25, 0.3) is 0 Å². The number of hydrazine groups is 1. The molecule has 1 aliphatic rings. The average molecular weight is 166 g/mol. The average Bonchev–Trinajstić information content (AvgIpc) is 1.99. The van der Waals surface area contributed by atoms with Gasteiger partial charge in [-0.3, -0.25) is 11.3 Å². The van der Waals surface area contributed by atoms with Gasteiger partial charge in [-0.1, -0.05) is 6.42 Å². The fourth-order valence-corrected chi connectivity index (χ4v) is 1.65. The molecule has 1 fully saturated rings. The molecule has 0 aromatic carbocycles. The highest BCUT2D eigenvalue weighted by Crippen LogP contribution is 2.30. The van der Waals surface area contributed by atoms with E-state index in [9.17, 15) is 0 Å². The van der Waals surface area contributed by atoms with Crippen LogP contribution in [0.2, 0.25) is 0 Å². The summed E-state index contributed by atoms with van der Waals surface area (Å²) >= 11 is 0. The Morgan fingerprint density at radius 1 is 1.58 bits per heavy atom. The molecule has 0 aromatic heterocycles. The summed E-state index contributed by atoms with van der Waals surface area (Å²) in [6, 6.07) is 0.500. The van der Waals surface area contributed by atoms with Gasteiger partial charge in [0.2, 0.25) is 0 Å². The van der Waals surface area contributed by atoms with Crippen LogP contribution in [0, 0.1) is 17.8 Å². The maximum atomic E-state index is 5.47. The molecule has 0 saturated heterocycles. The maximum absolute atomic E-state index is 5.47. The third-order valence-corrected chi connectivity index (χ3v) is 2.69. The van der Waals surface area contributed by atoms with E-state index in [0.29, 0.717) is 6.04 Å². The van der Waals surface area contributed by atoms with E-state index >= 15 is 0 Å². The molecule has 0 spiro atoms. The van der Waals surface area contributed by atoms with Gasteiger partial charge in [0.1, 0.15) is 0 Å². The summed E-state index contributed by atoms with van der Waals surface area (Å²) in [6.07, 6.45) is 6.13. The van der Waals surface area contributed by atoms with E-state index in [-0.39, 0.29) is 0 Å². The predicted octanol–water partition coefficient (Wildman–Crippen LogP) is 1.42. The van der Waals surface area contributed by atoms with Crippen molar-refractivity contribution in [2.45, 2.75) is 45.1 Å². The van der Waals surface area contributed by atoms with Gasteiger partial charge in [0.15, 0.2) is 0 Å². The monoisotopic (exact) mass is 166 g/mol. The van der Waals surface area contributed by atoms with Crippen LogP contribution in [0.25, 0.3) is 0 Å². The van der Waals surface area contributed by atoms with Gasteiger partial charge in [0, 0.05) is 12.5 Å². The molecule has 12 heavy (non-hydrogen) atoms. The van der Waals surface area contributed by atoms with Crippen LogP contribution in [0.1, 0.15) is 39.0 Å². The Kier molecular flexibility index (Phi) is 4.13. The van der Waals surface area contributed by atoms with Crippen LogP contribution < -0.4 is 11.3 Å². The van der Waals surface area contributed by atoms with Gasteiger partial charge in [-0.15, -0.1) is 11.8 Å². The van der Waals surface area contributed by atoms with E-state index < -0.39 is 0 Å². The van der Waals surface area contributed by atoms with Gasteiger partial charge in [-0.25, -0.2) is 0 Å². The maximum Gasteiger partial charge on any atom is 0.0247 e. The zero-order valence-corrected chi connectivity index (χ0v) is 7.77. The summed E-state index contributed by atoms with van der Waals surface area (Å²) in [5.41, 5.74) is 2.90. The van der Waals surface area contributed by atoms with Crippen molar-refractivity contribution < 1.29 is 0 Å². The zero-order valence-electron chi connectivity index (χ0n) is 7.77. The zero-order chi connectivity index (χ0) is 8.81. The van der Waals surface area contributed by atoms with Crippen LogP contribution >= 0.6 is 0 Å². The molecular formula is C10H18N2. The molecule has 2 nitrogen and oxygen atoms in total. The van der Waals surface area contributed by atoms with Crippen LogP contribution in [-0.4, -0.2) is 6.04 Å². The smallest absolute Gasteiger partial charge is 0.0247 e. The summed E-state index contributed by atoms with van der Waals surface area (Å²) in [4.78, 5) is 0. The highest BCUT2D eigenvalue weighted by atomic mass is 15.2. The molecule has 1 rings (SSSR count). The lowest BCUT2D eigenvalue weighted by atomic mass is 9.78. The summed E-state index contributed by atoms with van der Waals surface area (Å²) < 4.78 is 0. The second-order valence-electron chi connectivity index (χ2n) is 3.43. The first-order chi connectivity index (χ1) is 5.88. The summed E-state index contributed by atoms with van der Waals surface area (Å²) in [7, 11) is 0. The van der Waals surface area contributed by atoms with Crippen molar-refractivity contribution in [1.29, 1.82) is 0 Å². The van der Waals surface area contributed by atoms with Gasteiger partial charge in [0.05, 0.1) is 0 Å². The second kappa shape index (κ2) is 5.18. The third-order valence-electron chi connectivity index (χ3n) is 2.69.